The number of nitrogens with one attached hydrogen (secondary N) is 1. The van der Waals surface area contributed by atoms with Crippen molar-refractivity contribution < 1.29 is 23.8 Å². The predicted molar refractivity (Wildman–Crippen MR) is 234 cm³/mol. The number of aliphatic hydroxyl groups excluding tert-OH is 1. The van der Waals surface area contributed by atoms with Gasteiger partial charge in [0.15, 0.2) is 12.1 Å². The lowest BCUT2D eigenvalue weighted by molar-refractivity contribution is -0.268. The van der Waals surface area contributed by atoms with Crippen LogP contribution in [0.15, 0.2) is 174 Å². The van der Waals surface area contributed by atoms with Crippen LogP contribution in [-0.4, -0.2) is 37.8 Å². The Morgan fingerprint density at radius 1 is 0.700 bits per heavy atom. The topological polar surface area (TPSA) is 120 Å². The average Bonchev–Trinajstić information content (AvgIpc) is 3.75. The summed E-state index contributed by atoms with van der Waals surface area (Å²) in [5.41, 5.74) is 10.1. The van der Waals surface area contributed by atoms with E-state index >= 15 is 0 Å². The molecule has 1 fully saturated rings. The molecule has 1 aliphatic rings. The van der Waals surface area contributed by atoms with Crippen LogP contribution in [0.25, 0.3) is 44.7 Å². The fraction of sp³-hybridized carbons (Fsp3) is 0.160. The Morgan fingerprint density at radius 3 is 2.12 bits per heavy atom. The third-order valence-electron chi connectivity index (χ3n) is 10.8. The van der Waals surface area contributed by atoms with Gasteiger partial charge >= 0.3 is 0 Å². The number of benzene rings is 6. The number of rotatable bonds is 12. The highest BCUT2D eigenvalue weighted by Gasteiger charge is 2.39. The van der Waals surface area contributed by atoms with Crippen LogP contribution in [0.3, 0.4) is 0 Å². The minimum absolute atomic E-state index is 0.0205. The number of fused-ring (bicyclic) bond motifs is 1. The normalized spacial score (nSPS) is 17.7. The van der Waals surface area contributed by atoms with E-state index in [4.69, 9.17) is 18.9 Å². The third-order valence-corrected chi connectivity index (χ3v) is 11.7. The minimum atomic E-state index is -0.648. The quantitative estimate of drug-likeness (QED) is 0.116. The number of thioether (sulfide) groups is 1. The van der Waals surface area contributed by atoms with Crippen molar-refractivity contribution in [2.75, 3.05) is 5.75 Å². The Labute approximate surface area is 352 Å². The molecule has 8 aromatic rings. The standard InChI is InChI=1S/C50H42N4O5S/c1-32-44(31-60-50-54-45(35-12-4-2-5-13-35)47(59-50)36-14-6-3-7-15-36)57-49(58-46(32)37-22-20-33(30-55)21-23-37)38-26-24-34(25-27-38)40-17-9-8-16-39(40)28-52-48(56)43-29-51-41-18-10-11-19-42(41)53-43/h2-27,29,32,44,46,49,55H,28,30-31H2,1H3,(H,52,56). The highest BCUT2D eigenvalue weighted by Crippen LogP contribution is 2.44. The van der Waals surface area contributed by atoms with Gasteiger partial charge in [-0.25, -0.2) is 9.97 Å². The second-order valence-electron chi connectivity index (χ2n) is 14.7. The van der Waals surface area contributed by atoms with Gasteiger partial charge < -0.3 is 24.3 Å². The molecule has 0 aliphatic carbocycles. The van der Waals surface area contributed by atoms with Gasteiger partial charge in [0.05, 0.1) is 36.0 Å². The maximum atomic E-state index is 13.1. The zero-order valence-corrected chi connectivity index (χ0v) is 33.7. The van der Waals surface area contributed by atoms with Crippen LogP contribution in [0.5, 0.6) is 0 Å². The van der Waals surface area contributed by atoms with E-state index in [-0.39, 0.29) is 36.3 Å². The Hall–Kier alpha value is -6.43. The van der Waals surface area contributed by atoms with Crippen molar-refractivity contribution in [3.05, 3.63) is 192 Å². The van der Waals surface area contributed by atoms with E-state index in [1.165, 1.54) is 18.0 Å². The number of hydrogen-bond donors (Lipinski definition) is 2. The number of carbonyl (C=O) groups is 1. The summed E-state index contributed by atoms with van der Waals surface area (Å²) in [7, 11) is 0. The molecule has 9 rings (SSSR count). The molecule has 0 radical (unpaired) electrons. The minimum Gasteiger partial charge on any atom is -0.431 e. The molecule has 2 aromatic heterocycles. The molecule has 0 saturated carbocycles. The molecule has 10 heteroatoms. The lowest BCUT2D eigenvalue weighted by Crippen LogP contribution is -2.38. The Morgan fingerprint density at radius 2 is 1.37 bits per heavy atom. The van der Waals surface area contributed by atoms with E-state index < -0.39 is 6.29 Å². The molecule has 0 spiro atoms. The summed E-state index contributed by atoms with van der Waals surface area (Å²) >= 11 is 1.53. The summed E-state index contributed by atoms with van der Waals surface area (Å²) < 4.78 is 20.1. The summed E-state index contributed by atoms with van der Waals surface area (Å²) in [5, 5.41) is 13.3. The zero-order valence-electron chi connectivity index (χ0n) is 32.8. The van der Waals surface area contributed by atoms with Crippen LogP contribution < -0.4 is 5.32 Å². The Kier molecular flexibility index (Phi) is 11.6. The lowest BCUT2D eigenvalue weighted by atomic mass is 9.91. The fourth-order valence-electron chi connectivity index (χ4n) is 7.51. The van der Waals surface area contributed by atoms with Crippen LogP contribution in [0.2, 0.25) is 0 Å². The van der Waals surface area contributed by atoms with Gasteiger partial charge in [0, 0.05) is 34.9 Å². The molecule has 1 aliphatic heterocycles. The van der Waals surface area contributed by atoms with Gasteiger partial charge in [-0.1, -0.05) is 164 Å². The zero-order chi connectivity index (χ0) is 40.8. The first kappa shape index (κ1) is 39.1. The molecule has 9 nitrogen and oxygen atoms in total. The van der Waals surface area contributed by atoms with Gasteiger partial charge in [-0.15, -0.1) is 0 Å². The van der Waals surface area contributed by atoms with Crippen LogP contribution >= 0.6 is 11.8 Å². The molecular formula is C50H42N4O5S. The number of nitrogens with zero attached hydrogens (tertiary/aromatic N) is 3. The number of carbonyl (C=O) groups excluding carboxylic acids is 1. The molecule has 1 saturated heterocycles. The maximum absolute atomic E-state index is 13.1. The third kappa shape index (κ3) is 8.50. The first-order valence-electron chi connectivity index (χ1n) is 19.9. The van der Waals surface area contributed by atoms with Gasteiger partial charge in [0.25, 0.3) is 11.1 Å². The van der Waals surface area contributed by atoms with E-state index in [1.807, 2.05) is 140 Å². The predicted octanol–water partition coefficient (Wildman–Crippen LogP) is 10.6. The highest BCUT2D eigenvalue weighted by atomic mass is 32.2. The summed E-state index contributed by atoms with van der Waals surface area (Å²) in [6.45, 7) is 2.44. The SMILES string of the molecule is CC1C(CSc2nc(-c3ccccc3)c(-c3ccccc3)o2)OC(c2ccc(-c3ccccc3CNC(=O)c3cnc4ccccc4n3)cc2)OC1c1ccc(CO)cc1. The van der Waals surface area contributed by atoms with Crippen LogP contribution in [-0.2, 0) is 22.6 Å². The number of aliphatic hydroxyl groups is 1. The molecule has 3 heterocycles. The first-order chi connectivity index (χ1) is 29.5. The van der Waals surface area contributed by atoms with Gasteiger partial charge in [0.1, 0.15) is 11.4 Å². The van der Waals surface area contributed by atoms with Crippen molar-refractivity contribution in [1.82, 2.24) is 20.3 Å². The molecule has 1 amide bonds. The smallest absolute Gasteiger partial charge is 0.271 e. The molecule has 4 atom stereocenters. The number of para-hydroxylation sites is 2. The van der Waals surface area contributed by atoms with Crippen LogP contribution in [0.4, 0.5) is 0 Å². The fourth-order valence-corrected chi connectivity index (χ4v) is 8.50. The van der Waals surface area contributed by atoms with E-state index in [0.29, 0.717) is 23.0 Å². The van der Waals surface area contributed by atoms with Crippen molar-refractivity contribution in [3.8, 4) is 33.7 Å². The number of ether oxygens (including phenoxy) is 2. The summed E-state index contributed by atoms with van der Waals surface area (Å²) in [6.07, 6.45) is 0.362. The highest BCUT2D eigenvalue weighted by molar-refractivity contribution is 7.99. The largest absolute Gasteiger partial charge is 0.431 e. The summed E-state index contributed by atoms with van der Waals surface area (Å²) in [4.78, 5) is 27.0. The van der Waals surface area contributed by atoms with Gasteiger partial charge in [-0.2, -0.15) is 0 Å². The number of aromatic nitrogens is 3. The molecule has 2 N–H and O–H groups in total. The van der Waals surface area contributed by atoms with E-state index in [1.54, 1.807) is 0 Å². The van der Waals surface area contributed by atoms with Crippen molar-refractivity contribution in [1.29, 1.82) is 0 Å². The summed E-state index contributed by atoms with van der Waals surface area (Å²) in [6, 6.07) is 51.8. The number of amides is 1. The number of hydrogen-bond acceptors (Lipinski definition) is 9. The van der Waals surface area contributed by atoms with E-state index in [0.717, 1.165) is 61.5 Å². The molecule has 60 heavy (non-hydrogen) atoms. The molecular weight excluding hydrogens is 769 g/mol. The Bertz CT molecular complexity index is 2650. The Balaban J connectivity index is 0.946. The molecule has 6 aromatic carbocycles. The van der Waals surface area contributed by atoms with Crippen molar-refractivity contribution in [3.63, 3.8) is 0 Å². The lowest BCUT2D eigenvalue weighted by Gasteiger charge is -2.41. The summed E-state index contributed by atoms with van der Waals surface area (Å²) in [5.74, 6) is 1.00. The van der Waals surface area contributed by atoms with E-state index in [9.17, 15) is 9.90 Å². The van der Waals surface area contributed by atoms with E-state index in [2.05, 4.69) is 40.4 Å². The van der Waals surface area contributed by atoms with Gasteiger partial charge in [-0.05, 0) is 39.9 Å². The monoisotopic (exact) mass is 810 g/mol. The maximum Gasteiger partial charge on any atom is 0.271 e. The van der Waals surface area contributed by atoms with Crippen LogP contribution in [0.1, 0.15) is 52.1 Å². The number of oxazole rings is 1. The first-order valence-corrected chi connectivity index (χ1v) is 20.9. The second kappa shape index (κ2) is 17.8. The molecule has 298 valence electrons. The van der Waals surface area contributed by atoms with Crippen molar-refractivity contribution >= 4 is 28.7 Å². The van der Waals surface area contributed by atoms with Crippen molar-refractivity contribution in [2.45, 2.75) is 43.8 Å². The van der Waals surface area contributed by atoms with Gasteiger partial charge in [-0.3, -0.25) is 9.78 Å². The molecule has 4 unspecified atom stereocenters. The molecule has 0 bridgehead atoms. The van der Waals surface area contributed by atoms with Crippen molar-refractivity contribution in [2.24, 2.45) is 5.92 Å². The second-order valence-corrected chi connectivity index (χ2v) is 15.7. The van der Waals surface area contributed by atoms with Gasteiger partial charge in [0.2, 0.25) is 0 Å². The van der Waals surface area contributed by atoms with Crippen LogP contribution in [0, 0.1) is 5.92 Å². The average molecular weight is 811 g/mol.